The summed E-state index contributed by atoms with van der Waals surface area (Å²) < 4.78 is 0. The van der Waals surface area contributed by atoms with E-state index < -0.39 is 0 Å². The molecule has 0 radical (unpaired) electrons. The van der Waals surface area contributed by atoms with Crippen LogP contribution in [0.2, 0.25) is 0 Å². The molecule has 0 bridgehead atoms. The van der Waals surface area contributed by atoms with Crippen molar-refractivity contribution in [2.75, 3.05) is 11.9 Å². The van der Waals surface area contributed by atoms with Gasteiger partial charge in [-0.1, -0.05) is 30.3 Å². The van der Waals surface area contributed by atoms with E-state index in [2.05, 4.69) is 22.3 Å². The molecule has 120 valence electrons. The number of phenolic OH excluding ortho intramolecular Hbond substituents is 1. The van der Waals surface area contributed by atoms with Crippen LogP contribution in [0.5, 0.6) is 5.75 Å². The van der Waals surface area contributed by atoms with Gasteiger partial charge in [0.15, 0.2) is 0 Å². The average Bonchev–Trinajstić information content (AvgIpc) is 2.99. The Bertz CT molecular complexity index is 685. The second-order valence-corrected chi connectivity index (χ2v) is 6.10. The second-order valence-electron chi connectivity index (χ2n) is 6.10. The van der Waals surface area contributed by atoms with Gasteiger partial charge >= 0.3 is 0 Å². The average molecular weight is 310 g/mol. The van der Waals surface area contributed by atoms with Gasteiger partial charge in [-0.3, -0.25) is 9.69 Å². The predicted octanol–water partition coefficient (Wildman–Crippen LogP) is 3.30. The Kier molecular flexibility index (Phi) is 4.63. The summed E-state index contributed by atoms with van der Waals surface area (Å²) in [6.45, 7) is 3.63. The van der Waals surface area contributed by atoms with Crippen LogP contribution in [0.4, 0.5) is 5.69 Å². The third-order valence-electron chi connectivity index (χ3n) is 4.36. The van der Waals surface area contributed by atoms with Gasteiger partial charge in [0.05, 0.1) is 6.04 Å². The number of rotatable bonds is 4. The van der Waals surface area contributed by atoms with Crippen LogP contribution in [0.3, 0.4) is 0 Å². The zero-order valence-electron chi connectivity index (χ0n) is 13.3. The Morgan fingerprint density at radius 3 is 2.78 bits per heavy atom. The third-order valence-corrected chi connectivity index (χ3v) is 4.36. The highest BCUT2D eigenvalue weighted by molar-refractivity contribution is 5.95. The van der Waals surface area contributed by atoms with Gasteiger partial charge in [0, 0.05) is 12.2 Å². The summed E-state index contributed by atoms with van der Waals surface area (Å²) in [6, 6.07) is 15.2. The smallest absolute Gasteiger partial charge is 0.241 e. The molecule has 0 saturated carbocycles. The molecule has 1 aliphatic rings. The minimum Gasteiger partial charge on any atom is -0.508 e. The highest BCUT2D eigenvalue weighted by Gasteiger charge is 2.30. The fourth-order valence-electron chi connectivity index (χ4n) is 3.13. The van der Waals surface area contributed by atoms with Gasteiger partial charge in [-0.25, -0.2) is 0 Å². The maximum Gasteiger partial charge on any atom is 0.241 e. The summed E-state index contributed by atoms with van der Waals surface area (Å²) in [7, 11) is 0. The van der Waals surface area contributed by atoms with Crippen molar-refractivity contribution in [1.82, 2.24) is 4.90 Å². The summed E-state index contributed by atoms with van der Waals surface area (Å²) in [5.74, 6) is 0.249. The summed E-state index contributed by atoms with van der Waals surface area (Å²) in [6.07, 6.45) is 1.93. The van der Waals surface area contributed by atoms with E-state index in [1.807, 2.05) is 25.1 Å². The minimum atomic E-state index is -0.0941. The zero-order valence-corrected chi connectivity index (χ0v) is 13.3. The molecule has 1 amide bonds. The molecule has 1 fully saturated rings. The van der Waals surface area contributed by atoms with Gasteiger partial charge in [0.25, 0.3) is 0 Å². The lowest BCUT2D eigenvalue weighted by molar-refractivity contribution is -0.120. The number of hydrogen-bond donors (Lipinski definition) is 2. The first kappa shape index (κ1) is 15.6. The van der Waals surface area contributed by atoms with Gasteiger partial charge in [-0.15, -0.1) is 0 Å². The third kappa shape index (κ3) is 3.71. The van der Waals surface area contributed by atoms with Crippen molar-refractivity contribution in [2.45, 2.75) is 32.4 Å². The van der Waals surface area contributed by atoms with Crippen LogP contribution < -0.4 is 5.32 Å². The van der Waals surface area contributed by atoms with Gasteiger partial charge in [-0.05, 0) is 55.6 Å². The number of hydrogen-bond acceptors (Lipinski definition) is 3. The number of nitrogens with zero attached hydrogens (tertiary/aromatic N) is 1. The number of aryl methyl sites for hydroxylation is 1. The molecule has 2 aromatic carbocycles. The molecule has 0 aliphatic carbocycles. The zero-order chi connectivity index (χ0) is 16.2. The topological polar surface area (TPSA) is 52.6 Å². The first-order valence-corrected chi connectivity index (χ1v) is 8.02. The SMILES string of the molecule is Cc1cc(O)ccc1NC(=O)[C@H]1CCCN1Cc1ccccc1. The largest absolute Gasteiger partial charge is 0.508 e. The van der Waals surface area contributed by atoms with Crippen LogP contribution in [-0.4, -0.2) is 28.5 Å². The standard InChI is InChI=1S/C19H22N2O2/c1-14-12-16(22)9-10-17(14)20-19(23)18-8-5-11-21(18)13-15-6-3-2-4-7-15/h2-4,6-7,9-10,12,18,22H,5,8,11,13H2,1H3,(H,20,23)/t18-/m1/s1. The van der Waals surface area contributed by atoms with Crippen LogP contribution in [-0.2, 0) is 11.3 Å². The molecule has 1 saturated heterocycles. The van der Waals surface area contributed by atoms with E-state index in [0.29, 0.717) is 0 Å². The molecule has 1 heterocycles. The molecule has 23 heavy (non-hydrogen) atoms. The van der Waals surface area contributed by atoms with Gasteiger partial charge < -0.3 is 10.4 Å². The molecule has 0 aromatic heterocycles. The Labute approximate surface area is 136 Å². The summed E-state index contributed by atoms with van der Waals surface area (Å²) in [5.41, 5.74) is 2.86. The molecule has 2 N–H and O–H groups in total. The highest BCUT2D eigenvalue weighted by atomic mass is 16.3. The van der Waals surface area contributed by atoms with E-state index >= 15 is 0 Å². The van der Waals surface area contributed by atoms with Crippen molar-refractivity contribution in [1.29, 1.82) is 0 Å². The lowest BCUT2D eigenvalue weighted by Gasteiger charge is -2.24. The summed E-state index contributed by atoms with van der Waals surface area (Å²) >= 11 is 0. The lowest BCUT2D eigenvalue weighted by Crippen LogP contribution is -2.39. The second kappa shape index (κ2) is 6.84. The maximum atomic E-state index is 12.6. The highest BCUT2D eigenvalue weighted by Crippen LogP contribution is 2.24. The minimum absolute atomic E-state index is 0.0345. The number of likely N-dealkylation sites (tertiary alicyclic amines) is 1. The predicted molar refractivity (Wildman–Crippen MR) is 91.3 cm³/mol. The van der Waals surface area contributed by atoms with Crippen molar-refractivity contribution in [3.05, 3.63) is 59.7 Å². The molecular formula is C19H22N2O2. The van der Waals surface area contributed by atoms with E-state index in [1.54, 1.807) is 18.2 Å². The Hall–Kier alpha value is -2.33. The van der Waals surface area contributed by atoms with Gasteiger partial charge in [0.1, 0.15) is 5.75 Å². The van der Waals surface area contributed by atoms with Crippen LogP contribution in [0.1, 0.15) is 24.0 Å². The number of anilines is 1. The molecule has 4 nitrogen and oxygen atoms in total. The summed E-state index contributed by atoms with van der Waals surface area (Å²) in [5, 5.41) is 12.5. The van der Waals surface area contributed by atoms with Crippen molar-refractivity contribution in [3.8, 4) is 5.75 Å². The van der Waals surface area contributed by atoms with Crippen molar-refractivity contribution in [2.24, 2.45) is 0 Å². The number of carbonyl (C=O) groups excluding carboxylic acids is 1. The number of aromatic hydroxyl groups is 1. The molecular weight excluding hydrogens is 288 g/mol. The molecule has 0 spiro atoms. The van der Waals surface area contributed by atoms with Crippen molar-refractivity contribution in [3.63, 3.8) is 0 Å². The number of amides is 1. The van der Waals surface area contributed by atoms with E-state index in [1.165, 1.54) is 5.56 Å². The quantitative estimate of drug-likeness (QED) is 0.852. The van der Waals surface area contributed by atoms with Gasteiger partial charge in [-0.2, -0.15) is 0 Å². The van der Waals surface area contributed by atoms with E-state index in [9.17, 15) is 9.90 Å². The fourth-order valence-corrected chi connectivity index (χ4v) is 3.13. The molecule has 3 rings (SSSR count). The fraction of sp³-hybridized carbons (Fsp3) is 0.316. The van der Waals surface area contributed by atoms with Crippen molar-refractivity contribution < 1.29 is 9.90 Å². The van der Waals surface area contributed by atoms with Crippen LogP contribution >= 0.6 is 0 Å². The molecule has 1 aliphatic heterocycles. The number of nitrogens with one attached hydrogen (secondary N) is 1. The lowest BCUT2D eigenvalue weighted by atomic mass is 10.1. The number of carbonyl (C=O) groups is 1. The number of benzene rings is 2. The molecule has 2 aromatic rings. The van der Waals surface area contributed by atoms with E-state index in [-0.39, 0.29) is 17.7 Å². The normalized spacial score (nSPS) is 18.0. The monoisotopic (exact) mass is 310 g/mol. The molecule has 0 unspecified atom stereocenters. The van der Waals surface area contributed by atoms with E-state index in [0.717, 1.165) is 37.2 Å². The first-order chi connectivity index (χ1) is 11.1. The number of phenols is 1. The summed E-state index contributed by atoms with van der Waals surface area (Å²) in [4.78, 5) is 14.9. The van der Waals surface area contributed by atoms with Gasteiger partial charge in [0.2, 0.25) is 5.91 Å². The van der Waals surface area contributed by atoms with Crippen LogP contribution in [0.15, 0.2) is 48.5 Å². The Morgan fingerprint density at radius 1 is 1.26 bits per heavy atom. The van der Waals surface area contributed by atoms with Crippen molar-refractivity contribution >= 4 is 11.6 Å². The molecule has 4 heteroatoms. The Morgan fingerprint density at radius 2 is 2.04 bits per heavy atom. The van der Waals surface area contributed by atoms with E-state index in [4.69, 9.17) is 0 Å². The first-order valence-electron chi connectivity index (χ1n) is 8.02. The maximum absolute atomic E-state index is 12.6. The molecule has 1 atom stereocenters. The Balaban J connectivity index is 1.68. The van der Waals surface area contributed by atoms with Crippen LogP contribution in [0.25, 0.3) is 0 Å². The van der Waals surface area contributed by atoms with Crippen LogP contribution in [0, 0.1) is 6.92 Å².